The van der Waals surface area contributed by atoms with Gasteiger partial charge in [-0.15, -0.1) is 0 Å². The highest BCUT2D eigenvalue weighted by atomic mass is 16.6. The van der Waals surface area contributed by atoms with Gasteiger partial charge in [-0.05, 0) is 100 Å². The summed E-state index contributed by atoms with van der Waals surface area (Å²) >= 11 is 0. The van der Waals surface area contributed by atoms with Crippen molar-refractivity contribution in [1.29, 1.82) is 0 Å². The van der Waals surface area contributed by atoms with E-state index in [0.29, 0.717) is 18.3 Å². The number of nitrogens with zero attached hydrogens (tertiary/aromatic N) is 3. The van der Waals surface area contributed by atoms with Gasteiger partial charge >= 0.3 is 12.1 Å². The van der Waals surface area contributed by atoms with Gasteiger partial charge in [0.25, 0.3) is 0 Å². The van der Waals surface area contributed by atoms with Crippen molar-refractivity contribution in [2.24, 2.45) is 22.4 Å². The number of carbonyl (C=O) groups is 3. The molecule has 39 heavy (non-hydrogen) atoms. The van der Waals surface area contributed by atoms with E-state index in [1.165, 1.54) is 6.42 Å². The molecule has 0 aliphatic heterocycles. The lowest BCUT2D eigenvalue weighted by Crippen LogP contribution is -2.63. The van der Waals surface area contributed by atoms with Crippen molar-refractivity contribution in [2.45, 2.75) is 102 Å². The summed E-state index contributed by atoms with van der Waals surface area (Å²) in [5, 5.41) is 9.58. The molecule has 4 fully saturated rings. The average Bonchev–Trinajstić information content (AvgIpc) is 2.84. The zero-order valence-corrected chi connectivity index (χ0v) is 23.3. The summed E-state index contributed by atoms with van der Waals surface area (Å²) in [5.41, 5.74) is 8.65. The highest BCUT2D eigenvalue weighted by molar-refractivity contribution is 5.84. The lowest BCUT2D eigenvalue weighted by atomic mass is 9.46. The summed E-state index contributed by atoms with van der Waals surface area (Å²) in [4.78, 5) is 41.3. The van der Waals surface area contributed by atoms with Crippen molar-refractivity contribution >= 4 is 18.0 Å². The normalized spacial score (nSPS) is 27.7. The molecule has 0 heterocycles. The second kappa shape index (κ2) is 11.9. The Morgan fingerprint density at radius 2 is 1.82 bits per heavy atom. The molecule has 10 heteroatoms. The van der Waals surface area contributed by atoms with Crippen LogP contribution in [0, 0.1) is 17.3 Å². The molecule has 10 nitrogen and oxygen atoms in total. The van der Waals surface area contributed by atoms with Crippen LogP contribution in [0.3, 0.4) is 0 Å². The number of ether oxygens (including phenoxy) is 2. The zero-order valence-electron chi connectivity index (χ0n) is 23.3. The third-order valence-electron chi connectivity index (χ3n) is 8.26. The second-order valence-corrected chi connectivity index (χ2v) is 12.8. The van der Waals surface area contributed by atoms with E-state index in [-0.39, 0.29) is 48.9 Å². The molecule has 0 spiro atoms. The third kappa shape index (κ3) is 7.88. The van der Waals surface area contributed by atoms with Crippen LogP contribution in [0.15, 0.2) is 35.4 Å². The number of hydrogen-bond acceptors (Lipinski definition) is 6. The van der Waals surface area contributed by atoms with Gasteiger partial charge in [0.1, 0.15) is 18.2 Å². The number of nitrogens with one attached hydrogen (secondary N) is 2. The van der Waals surface area contributed by atoms with Crippen LogP contribution in [0.4, 0.5) is 4.79 Å². The minimum atomic E-state index is -0.886. The van der Waals surface area contributed by atoms with Crippen LogP contribution in [0.1, 0.15) is 84.1 Å². The summed E-state index contributed by atoms with van der Waals surface area (Å²) in [5.74, 6) is 0.306. The third-order valence-corrected chi connectivity index (χ3v) is 8.26. The first-order valence-corrected chi connectivity index (χ1v) is 14.0. The van der Waals surface area contributed by atoms with Gasteiger partial charge in [-0.2, -0.15) is 0 Å². The van der Waals surface area contributed by atoms with Gasteiger partial charge in [-0.1, -0.05) is 35.4 Å². The smallest absolute Gasteiger partial charge is 0.408 e. The van der Waals surface area contributed by atoms with E-state index in [1.54, 1.807) is 0 Å². The minimum absolute atomic E-state index is 0.00908. The van der Waals surface area contributed by atoms with E-state index in [1.807, 2.05) is 51.1 Å². The fraction of sp³-hybridized carbons (Fsp3) is 0.690. The molecule has 4 aliphatic carbocycles. The van der Waals surface area contributed by atoms with Crippen LogP contribution >= 0.6 is 0 Å². The molecule has 4 aliphatic rings. The van der Waals surface area contributed by atoms with Gasteiger partial charge in [0.05, 0.1) is 0 Å². The van der Waals surface area contributed by atoms with Gasteiger partial charge in [-0.3, -0.25) is 4.79 Å². The van der Waals surface area contributed by atoms with Crippen LogP contribution in [-0.4, -0.2) is 41.7 Å². The maximum atomic E-state index is 13.1. The fourth-order valence-corrected chi connectivity index (χ4v) is 7.37. The average molecular weight is 540 g/mol. The van der Waals surface area contributed by atoms with Crippen LogP contribution in [0.2, 0.25) is 0 Å². The van der Waals surface area contributed by atoms with Crippen molar-refractivity contribution in [3.8, 4) is 0 Å². The van der Waals surface area contributed by atoms with E-state index < -0.39 is 17.6 Å². The van der Waals surface area contributed by atoms with E-state index >= 15 is 0 Å². The van der Waals surface area contributed by atoms with Crippen LogP contribution < -0.4 is 10.6 Å². The van der Waals surface area contributed by atoms with Gasteiger partial charge in [0.15, 0.2) is 0 Å². The van der Waals surface area contributed by atoms with Gasteiger partial charge < -0.3 is 20.1 Å². The number of rotatable bonds is 11. The summed E-state index contributed by atoms with van der Waals surface area (Å²) in [7, 11) is 0. The Morgan fingerprint density at radius 1 is 1.13 bits per heavy atom. The summed E-state index contributed by atoms with van der Waals surface area (Å²) in [6.45, 7) is 5.78. The number of esters is 1. The molecular formula is C29H41N5O5. The van der Waals surface area contributed by atoms with Crippen molar-refractivity contribution in [3.63, 3.8) is 0 Å². The van der Waals surface area contributed by atoms with Gasteiger partial charge in [0.2, 0.25) is 5.91 Å². The Bertz CT molecular complexity index is 1080. The first-order chi connectivity index (χ1) is 18.5. The predicted molar refractivity (Wildman–Crippen MR) is 145 cm³/mol. The molecule has 4 bridgehead atoms. The van der Waals surface area contributed by atoms with Crippen molar-refractivity contribution in [2.75, 3.05) is 6.54 Å². The maximum Gasteiger partial charge on any atom is 0.408 e. The first kappa shape index (κ1) is 28.7. The highest BCUT2D eigenvalue weighted by Gasteiger charge is 2.58. The summed E-state index contributed by atoms with van der Waals surface area (Å²) < 4.78 is 11.0. The Balaban J connectivity index is 1.35. The number of azide groups is 1. The standard InChI is InChI=1S/C29H41N5O5/c1-27(2,3)39-26(37)33-29-16-21-13-22(17-29)15-28(14-21,19-29)11-9-24(35)32-23(10-12-31-34-30)25(36)38-18-20-7-5-4-6-8-20/h4-8,21-23H,9-19H2,1-3H3,(H,32,35)(H,33,37)/t21-,22+,23-,28?,29?/m0/s1. The van der Waals surface area contributed by atoms with E-state index in [2.05, 4.69) is 20.7 Å². The lowest BCUT2D eigenvalue weighted by Gasteiger charge is -2.62. The molecule has 2 N–H and O–H groups in total. The molecular weight excluding hydrogens is 498 g/mol. The first-order valence-electron chi connectivity index (χ1n) is 14.0. The Hall–Kier alpha value is -3.26. The molecule has 5 rings (SSSR count). The number of carbonyl (C=O) groups excluding carboxylic acids is 3. The number of hydrogen-bond donors (Lipinski definition) is 2. The quantitative estimate of drug-likeness (QED) is 0.164. The molecule has 1 aromatic rings. The zero-order chi connectivity index (χ0) is 28.1. The molecule has 212 valence electrons. The van der Waals surface area contributed by atoms with Crippen molar-refractivity contribution < 1.29 is 23.9 Å². The molecule has 0 radical (unpaired) electrons. The molecule has 2 unspecified atom stereocenters. The molecule has 4 saturated carbocycles. The number of benzene rings is 1. The Kier molecular flexibility index (Phi) is 8.74. The van der Waals surface area contributed by atoms with Gasteiger partial charge in [0, 0.05) is 23.4 Å². The number of alkyl carbamates (subject to hydrolysis) is 1. The van der Waals surface area contributed by atoms with Crippen LogP contribution in [0.25, 0.3) is 10.4 Å². The van der Waals surface area contributed by atoms with E-state index in [0.717, 1.165) is 37.7 Å². The monoisotopic (exact) mass is 539 g/mol. The second-order valence-electron chi connectivity index (χ2n) is 12.8. The number of amides is 2. The SMILES string of the molecule is CC(C)(C)OC(=O)NC12C[C@@H]3C[C@@H](CC(CCC(=O)N[C@@H](CCN=[N+]=[N-])C(=O)OCc4ccccc4)(C3)C1)C2. The summed E-state index contributed by atoms with van der Waals surface area (Å²) in [6, 6.07) is 8.44. The van der Waals surface area contributed by atoms with Crippen LogP contribution in [0.5, 0.6) is 0 Å². The van der Waals surface area contributed by atoms with E-state index in [9.17, 15) is 14.4 Å². The predicted octanol–water partition coefficient (Wildman–Crippen LogP) is 5.56. The fourth-order valence-electron chi connectivity index (χ4n) is 7.37. The minimum Gasteiger partial charge on any atom is -0.459 e. The van der Waals surface area contributed by atoms with Crippen molar-refractivity contribution in [3.05, 3.63) is 46.3 Å². The Morgan fingerprint density at radius 3 is 2.46 bits per heavy atom. The summed E-state index contributed by atoms with van der Waals surface area (Å²) in [6.07, 6.45) is 6.87. The molecule has 2 amide bonds. The molecule has 1 aromatic carbocycles. The topological polar surface area (TPSA) is 142 Å². The molecule has 0 saturated heterocycles. The van der Waals surface area contributed by atoms with Gasteiger partial charge in [-0.25, -0.2) is 9.59 Å². The molecule has 0 aromatic heterocycles. The van der Waals surface area contributed by atoms with Crippen molar-refractivity contribution in [1.82, 2.24) is 10.6 Å². The largest absolute Gasteiger partial charge is 0.459 e. The molecule has 5 atom stereocenters. The maximum absolute atomic E-state index is 13.1. The highest BCUT2D eigenvalue weighted by Crippen LogP contribution is 2.63. The van der Waals surface area contributed by atoms with Crippen LogP contribution in [-0.2, 0) is 25.7 Å². The lowest BCUT2D eigenvalue weighted by molar-refractivity contribution is -0.149. The van der Waals surface area contributed by atoms with E-state index in [4.69, 9.17) is 15.0 Å². The Labute approximate surface area is 230 Å².